The molecule has 0 radical (unpaired) electrons. The van der Waals surface area contributed by atoms with Gasteiger partial charge >= 0.3 is 6.03 Å². The number of nitrogens with zero attached hydrogens (tertiary/aromatic N) is 1. The van der Waals surface area contributed by atoms with E-state index in [2.05, 4.69) is 20.9 Å². The molecule has 0 unspecified atom stereocenters. The highest BCUT2D eigenvalue weighted by atomic mass is 16.3. The number of hydrogen-bond acceptors (Lipinski definition) is 4. The number of benzene rings is 2. The van der Waals surface area contributed by atoms with Crippen molar-refractivity contribution in [2.45, 2.75) is 6.92 Å². The first-order chi connectivity index (χ1) is 11.7. The molecule has 0 spiro atoms. The van der Waals surface area contributed by atoms with Gasteiger partial charge in [0, 0.05) is 35.6 Å². The Kier molecular flexibility index (Phi) is 4.47. The van der Waals surface area contributed by atoms with Gasteiger partial charge in [0.15, 0.2) is 0 Å². The van der Waals surface area contributed by atoms with Crippen molar-refractivity contribution in [3.05, 3.63) is 54.7 Å². The molecule has 6 heteroatoms. The quantitative estimate of drug-likeness (QED) is 0.588. The predicted octanol–water partition coefficient (Wildman–Crippen LogP) is 3.83. The topological polar surface area (TPSA) is 86.3 Å². The van der Waals surface area contributed by atoms with Gasteiger partial charge in [-0.15, -0.1) is 0 Å². The van der Waals surface area contributed by atoms with Crippen LogP contribution in [0.3, 0.4) is 0 Å². The summed E-state index contributed by atoms with van der Waals surface area (Å²) in [7, 11) is 0. The third-order valence-corrected chi connectivity index (χ3v) is 3.47. The predicted molar refractivity (Wildman–Crippen MR) is 95.8 cm³/mol. The first kappa shape index (κ1) is 15.6. The van der Waals surface area contributed by atoms with E-state index in [1.807, 2.05) is 37.3 Å². The van der Waals surface area contributed by atoms with E-state index in [-0.39, 0.29) is 11.8 Å². The summed E-state index contributed by atoms with van der Waals surface area (Å²) in [5.74, 6) is 0.690. The lowest BCUT2D eigenvalue weighted by Gasteiger charge is -2.11. The standard InChI is InChI=1S/C18H18N4O2/c1-2-19-18(24)22-17-9-12-5-3-8-16(15(12)11-20-17)21-13-6-4-7-14(23)10-13/h3-11,21,23H,2H2,1H3,(H2,19,20,22,24). The molecule has 0 aliphatic carbocycles. The molecule has 4 N–H and O–H groups in total. The third kappa shape index (κ3) is 3.55. The fourth-order valence-electron chi connectivity index (χ4n) is 2.41. The van der Waals surface area contributed by atoms with E-state index in [0.717, 1.165) is 22.1 Å². The Morgan fingerprint density at radius 1 is 1.17 bits per heavy atom. The zero-order valence-electron chi connectivity index (χ0n) is 13.2. The van der Waals surface area contributed by atoms with E-state index < -0.39 is 0 Å². The number of rotatable bonds is 4. The molecule has 0 aliphatic rings. The van der Waals surface area contributed by atoms with E-state index in [9.17, 15) is 9.90 Å². The largest absolute Gasteiger partial charge is 0.508 e. The van der Waals surface area contributed by atoms with Gasteiger partial charge < -0.3 is 15.7 Å². The summed E-state index contributed by atoms with van der Waals surface area (Å²) in [6.07, 6.45) is 1.71. The van der Waals surface area contributed by atoms with Gasteiger partial charge in [0.05, 0.1) is 0 Å². The molecule has 0 saturated heterocycles. The monoisotopic (exact) mass is 322 g/mol. The molecule has 0 atom stereocenters. The van der Waals surface area contributed by atoms with Gasteiger partial charge in [-0.05, 0) is 36.6 Å². The van der Waals surface area contributed by atoms with Gasteiger partial charge in [-0.3, -0.25) is 5.32 Å². The highest BCUT2D eigenvalue weighted by Gasteiger charge is 2.06. The zero-order chi connectivity index (χ0) is 16.9. The Morgan fingerprint density at radius 2 is 2.00 bits per heavy atom. The van der Waals surface area contributed by atoms with Crippen molar-refractivity contribution in [3.63, 3.8) is 0 Å². The van der Waals surface area contributed by atoms with Gasteiger partial charge in [-0.1, -0.05) is 18.2 Å². The minimum absolute atomic E-state index is 0.201. The van der Waals surface area contributed by atoms with E-state index in [1.165, 1.54) is 0 Å². The number of carbonyl (C=O) groups is 1. The maximum atomic E-state index is 11.6. The van der Waals surface area contributed by atoms with Crippen LogP contribution in [0.2, 0.25) is 0 Å². The van der Waals surface area contributed by atoms with Crippen molar-refractivity contribution in [2.24, 2.45) is 0 Å². The van der Waals surface area contributed by atoms with E-state index in [4.69, 9.17) is 0 Å². The molecule has 122 valence electrons. The smallest absolute Gasteiger partial charge is 0.320 e. The molecule has 2 aromatic carbocycles. The second-order valence-electron chi connectivity index (χ2n) is 5.26. The number of hydrogen-bond donors (Lipinski definition) is 4. The molecule has 1 heterocycles. The van der Waals surface area contributed by atoms with Crippen LogP contribution < -0.4 is 16.0 Å². The Hall–Kier alpha value is -3.28. The molecule has 3 rings (SSSR count). The number of urea groups is 1. The molecular formula is C18H18N4O2. The summed E-state index contributed by atoms with van der Waals surface area (Å²) in [6.45, 7) is 2.41. The van der Waals surface area contributed by atoms with Gasteiger partial charge in [0.1, 0.15) is 11.6 Å². The molecule has 0 fully saturated rings. The van der Waals surface area contributed by atoms with Crippen LogP contribution in [0.1, 0.15) is 6.92 Å². The van der Waals surface area contributed by atoms with E-state index in [1.54, 1.807) is 24.4 Å². The van der Waals surface area contributed by atoms with Crippen LogP contribution in [-0.2, 0) is 0 Å². The molecule has 1 aromatic heterocycles. The Bertz CT molecular complexity index is 880. The number of aromatic nitrogens is 1. The first-order valence-corrected chi connectivity index (χ1v) is 7.65. The summed E-state index contributed by atoms with van der Waals surface area (Å²) in [5, 5.41) is 20.1. The summed E-state index contributed by atoms with van der Waals surface area (Å²) >= 11 is 0. The molecular weight excluding hydrogens is 304 g/mol. The lowest BCUT2D eigenvalue weighted by atomic mass is 10.1. The summed E-state index contributed by atoms with van der Waals surface area (Å²) in [5.41, 5.74) is 1.65. The normalized spacial score (nSPS) is 10.4. The summed E-state index contributed by atoms with van der Waals surface area (Å²) in [6, 6.07) is 14.3. The number of fused-ring (bicyclic) bond motifs is 1. The number of anilines is 3. The number of pyridine rings is 1. The van der Waals surface area contributed by atoms with Crippen LogP contribution >= 0.6 is 0 Å². The van der Waals surface area contributed by atoms with Gasteiger partial charge in [0.25, 0.3) is 0 Å². The average molecular weight is 322 g/mol. The molecule has 2 amide bonds. The van der Waals surface area contributed by atoms with Crippen molar-refractivity contribution in [1.29, 1.82) is 0 Å². The van der Waals surface area contributed by atoms with E-state index >= 15 is 0 Å². The number of carbonyl (C=O) groups excluding carboxylic acids is 1. The van der Waals surface area contributed by atoms with Crippen LogP contribution in [0.4, 0.5) is 22.0 Å². The summed E-state index contributed by atoms with van der Waals surface area (Å²) < 4.78 is 0. The fourth-order valence-corrected chi connectivity index (χ4v) is 2.41. The lowest BCUT2D eigenvalue weighted by molar-refractivity contribution is 0.252. The van der Waals surface area contributed by atoms with E-state index in [0.29, 0.717) is 12.4 Å². The maximum Gasteiger partial charge on any atom is 0.320 e. The van der Waals surface area contributed by atoms with Gasteiger partial charge in [-0.2, -0.15) is 0 Å². The minimum atomic E-state index is -0.279. The Labute approximate surface area is 139 Å². The van der Waals surface area contributed by atoms with Crippen LogP contribution in [0.25, 0.3) is 10.8 Å². The van der Waals surface area contributed by atoms with Crippen LogP contribution in [0.5, 0.6) is 5.75 Å². The maximum absolute atomic E-state index is 11.6. The molecule has 3 aromatic rings. The summed E-state index contributed by atoms with van der Waals surface area (Å²) in [4.78, 5) is 15.9. The average Bonchev–Trinajstić information content (AvgIpc) is 2.55. The molecule has 0 aliphatic heterocycles. The number of phenols is 1. The van der Waals surface area contributed by atoms with Crippen molar-refractivity contribution >= 4 is 34.0 Å². The minimum Gasteiger partial charge on any atom is -0.508 e. The van der Waals surface area contributed by atoms with Gasteiger partial charge in [-0.25, -0.2) is 9.78 Å². The number of nitrogens with one attached hydrogen (secondary N) is 3. The fraction of sp³-hybridized carbons (Fsp3) is 0.111. The molecule has 0 saturated carbocycles. The van der Waals surface area contributed by atoms with Crippen molar-refractivity contribution < 1.29 is 9.90 Å². The zero-order valence-corrected chi connectivity index (χ0v) is 13.2. The molecule has 6 nitrogen and oxygen atoms in total. The van der Waals surface area contributed by atoms with Crippen molar-refractivity contribution in [1.82, 2.24) is 10.3 Å². The number of phenolic OH excluding ortho intramolecular Hbond substituents is 1. The molecule has 24 heavy (non-hydrogen) atoms. The first-order valence-electron chi connectivity index (χ1n) is 7.65. The van der Waals surface area contributed by atoms with Gasteiger partial charge in [0.2, 0.25) is 0 Å². The number of aromatic hydroxyl groups is 1. The van der Waals surface area contributed by atoms with Crippen molar-refractivity contribution in [2.75, 3.05) is 17.2 Å². The van der Waals surface area contributed by atoms with Crippen LogP contribution in [0.15, 0.2) is 54.7 Å². The third-order valence-electron chi connectivity index (χ3n) is 3.47. The van der Waals surface area contributed by atoms with Crippen LogP contribution in [-0.4, -0.2) is 22.7 Å². The Balaban J connectivity index is 1.89. The Morgan fingerprint density at radius 3 is 2.79 bits per heavy atom. The van der Waals surface area contributed by atoms with Crippen LogP contribution in [0, 0.1) is 0 Å². The highest BCUT2D eigenvalue weighted by Crippen LogP contribution is 2.28. The SMILES string of the molecule is CCNC(=O)Nc1cc2cccc(Nc3cccc(O)c3)c2cn1. The second-order valence-corrected chi connectivity index (χ2v) is 5.26. The second kappa shape index (κ2) is 6.87. The number of amides is 2. The molecule has 0 bridgehead atoms. The lowest BCUT2D eigenvalue weighted by Crippen LogP contribution is -2.28. The highest BCUT2D eigenvalue weighted by molar-refractivity contribution is 5.97. The van der Waals surface area contributed by atoms with Crippen molar-refractivity contribution in [3.8, 4) is 5.75 Å².